The Hall–Kier alpha value is -2.56. The van der Waals surface area contributed by atoms with Gasteiger partial charge in [-0.3, -0.25) is 9.89 Å². The van der Waals surface area contributed by atoms with Crippen LogP contribution in [0.2, 0.25) is 0 Å². The molecule has 0 radical (unpaired) electrons. The number of hydrogen-bond donors (Lipinski definition) is 1. The number of nitrogens with zero attached hydrogens (tertiary/aromatic N) is 2. The molecule has 0 fully saturated rings. The molecule has 5 nitrogen and oxygen atoms in total. The molecule has 0 saturated carbocycles. The van der Waals surface area contributed by atoms with E-state index < -0.39 is 0 Å². The topological polar surface area (TPSA) is 59.4 Å². The minimum atomic E-state index is -0.0804. The van der Waals surface area contributed by atoms with Crippen molar-refractivity contribution in [3.05, 3.63) is 52.6 Å². The minimum absolute atomic E-state index is 0.0804. The van der Waals surface area contributed by atoms with Gasteiger partial charge >= 0.3 is 0 Å². The van der Waals surface area contributed by atoms with Crippen molar-refractivity contribution in [3.8, 4) is 16.9 Å². The summed E-state index contributed by atoms with van der Waals surface area (Å²) in [7, 11) is 1.64. The number of H-pyrrole nitrogens is 1. The van der Waals surface area contributed by atoms with E-state index in [0.29, 0.717) is 5.65 Å². The van der Waals surface area contributed by atoms with Gasteiger partial charge in [0.15, 0.2) is 5.65 Å². The summed E-state index contributed by atoms with van der Waals surface area (Å²) in [6, 6.07) is 9.30. The van der Waals surface area contributed by atoms with Crippen LogP contribution in [0, 0.1) is 0 Å². The molecule has 3 aromatic rings. The van der Waals surface area contributed by atoms with Gasteiger partial charge in [-0.2, -0.15) is 0 Å². The van der Waals surface area contributed by atoms with Crippen molar-refractivity contribution in [2.24, 2.45) is 0 Å². The molecule has 0 aliphatic heterocycles. The Morgan fingerprint density at radius 3 is 2.71 bits per heavy atom. The molecule has 0 aliphatic carbocycles. The average Bonchev–Trinajstić information content (AvgIpc) is 2.92. The third kappa shape index (κ3) is 2.42. The maximum atomic E-state index is 12.1. The summed E-state index contributed by atoms with van der Waals surface area (Å²) >= 11 is 0. The third-order valence-corrected chi connectivity index (χ3v) is 3.46. The molecule has 0 bridgehead atoms. The van der Waals surface area contributed by atoms with Gasteiger partial charge in [-0.05, 0) is 24.1 Å². The van der Waals surface area contributed by atoms with Crippen molar-refractivity contribution in [1.82, 2.24) is 14.6 Å². The molecule has 0 aliphatic rings. The van der Waals surface area contributed by atoms with E-state index in [4.69, 9.17) is 4.74 Å². The smallest absolute Gasteiger partial charge is 0.272 e. The van der Waals surface area contributed by atoms with Crippen LogP contribution in [-0.4, -0.2) is 21.7 Å². The van der Waals surface area contributed by atoms with Crippen molar-refractivity contribution < 1.29 is 4.74 Å². The van der Waals surface area contributed by atoms with E-state index in [-0.39, 0.29) is 5.56 Å². The van der Waals surface area contributed by atoms with Crippen LogP contribution in [0.15, 0.2) is 41.3 Å². The van der Waals surface area contributed by atoms with E-state index in [2.05, 4.69) is 17.0 Å². The second-order valence-electron chi connectivity index (χ2n) is 4.91. The number of fused-ring (bicyclic) bond motifs is 1. The van der Waals surface area contributed by atoms with Gasteiger partial charge in [0, 0.05) is 23.5 Å². The number of ether oxygens (including phenoxy) is 1. The van der Waals surface area contributed by atoms with Crippen molar-refractivity contribution >= 4 is 5.65 Å². The fourth-order valence-corrected chi connectivity index (χ4v) is 2.40. The molecule has 0 saturated heterocycles. The third-order valence-electron chi connectivity index (χ3n) is 3.46. The van der Waals surface area contributed by atoms with Crippen LogP contribution in [0.4, 0.5) is 0 Å². The molecule has 108 valence electrons. The lowest BCUT2D eigenvalue weighted by atomic mass is 10.1. The fourth-order valence-electron chi connectivity index (χ4n) is 2.40. The van der Waals surface area contributed by atoms with Crippen LogP contribution in [0.3, 0.4) is 0 Å². The van der Waals surface area contributed by atoms with Gasteiger partial charge in [-0.25, -0.2) is 9.50 Å². The van der Waals surface area contributed by atoms with Crippen molar-refractivity contribution in [2.75, 3.05) is 7.11 Å². The second kappa shape index (κ2) is 5.44. The molecule has 5 heteroatoms. The molecule has 2 heterocycles. The highest BCUT2D eigenvalue weighted by atomic mass is 16.5. The Morgan fingerprint density at radius 2 is 2.05 bits per heavy atom. The monoisotopic (exact) mass is 283 g/mol. The minimum Gasteiger partial charge on any atom is -0.497 e. The zero-order valence-corrected chi connectivity index (χ0v) is 12.1. The standard InChI is InChI=1S/C16H17N3O2/c1-3-4-12-9-15(20)19-16(18-12)14(10-17-19)11-5-7-13(21-2)8-6-11/h5-10,17H,3-4H2,1-2H3. The first-order valence-electron chi connectivity index (χ1n) is 6.97. The summed E-state index contributed by atoms with van der Waals surface area (Å²) in [6.07, 6.45) is 3.57. The normalized spacial score (nSPS) is 11.0. The van der Waals surface area contributed by atoms with Crippen LogP contribution >= 0.6 is 0 Å². The second-order valence-corrected chi connectivity index (χ2v) is 4.91. The summed E-state index contributed by atoms with van der Waals surface area (Å²) in [5.74, 6) is 0.801. The first kappa shape index (κ1) is 13.4. The first-order chi connectivity index (χ1) is 10.2. The van der Waals surface area contributed by atoms with Crippen LogP contribution in [0.5, 0.6) is 5.75 Å². The summed E-state index contributed by atoms with van der Waals surface area (Å²) in [5.41, 5.74) is 3.32. The Labute approximate surface area is 122 Å². The number of aromatic amines is 1. The molecular weight excluding hydrogens is 266 g/mol. The van der Waals surface area contributed by atoms with Gasteiger partial charge in [-0.1, -0.05) is 25.5 Å². The zero-order chi connectivity index (χ0) is 14.8. The van der Waals surface area contributed by atoms with Gasteiger partial charge in [0.1, 0.15) is 5.75 Å². The number of methoxy groups -OCH3 is 1. The van der Waals surface area contributed by atoms with Gasteiger partial charge in [0.05, 0.1) is 7.11 Å². The maximum Gasteiger partial charge on any atom is 0.272 e. The van der Waals surface area contributed by atoms with E-state index in [1.165, 1.54) is 4.52 Å². The quantitative estimate of drug-likeness (QED) is 0.800. The molecule has 0 amide bonds. The summed E-state index contributed by atoms with van der Waals surface area (Å²) in [5, 5.41) is 2.96. The molecule has 1 N–H and O–H groups in total. The molecule has 3 rings (SSSR count). The highest BCUT2D eigenvalue weighted by molar-refractivity contribution is 5.77. The van der Waals surface area contributed by atoms with Crippen LogP contribution in [0.1, 0.15) is 19.0 Å². The average molecular weight is 283 g/mol. The van der Waals surface area contributed by atoms with Crippen LogP contribution < -0.4 is 10.3 Å². The number of nitrogens with one attached hydrogen (secondary N) is 1. The number of aryl methyl sites for hydroxylation is 1. The Morgan fingerprint density at radius 1 is 1.29 bits per heavy atom. The number of aromatic nitrogens is 3. The molecular formula is C16H17N3O2. The Bertz CT molecular complexity index is 816. The first-order valence-corrected chi connectivity index (χ1v) is 6.97. The van der Waals surface area contributed by atoms with E-state index in [1.807, 2.05) is 24.3 Å². The van der Waals surface area contributed by atoms with E-state index in [1.54, 1.807) is 19.4 Å². The number of rotatable bonds is 4. The molecule has 0 atom stereocenters. The van der Waals surface area contributed by atoms with Crippen molar-refractivity contribution in [1.29, 1.82) is 0 Å². The molecule has 0 spiro atoms. The summed E-state index contributed by atoms with van der Waals surface area (Å²) in [6.45, 7) is 2.07. The summed E-state index contributed by atoms with van der Waals surface area (Å²) < 4.78 is 6.64. The van der Waals surface area contributed by atoms with Gasteiger partial charge in [-0.15, -0.1) is 0 Å². The lowest BCUT2D eigenvalue weighted by Crippen LogP contribution is -2.15. The van der Waals surface area contributed by atoms with Crippen LogP contribution in [0.25, 0.3) is 16.8 Å². The Balaban J connectivity index is 2.15. The maximum absolute atomic E-state index is 12.1. The predicted octanol–water partition coefficient (Wildman–Crippen LogP) is 2.65. The van der Waals surface area contributed by atoms with Gasteiger partial charge in [0.25, 0.3) is 5.56 Å². The largest absolute Gasteiger partial charge is 0.497 e. The fraction of sp³-hybridized carbons (Fsp3) is 0.250. The van der Waals surface area contributed by atoms with Crippen molar-refractivity contribution in [2.45, 2.75) is 19.8 Å². The van der Waals surface area contributed by atoms with Gasteiger partial charge in [0.2, 0.25) is 0 Å². The van der Waals surface area contributed by atoms with E-state index in [9.17, 15) is 4.79 Å². The van der Waals surface area contributed by atoms with Crippen molar-refractivity contribution in [3.63, 3.8) is 0 Å². The lowest BCUT2D eigenvalue weighted by molar-refractivity contribution is 0.415. The number of hydrogen-bond acceptors (Lipinski definition) is 3. The van der Waals surface area contributed by atoms with E-state index in [0.717, 1.165) is 35.4 Å². The zero-order valence-electron chi connectivity index (χ0n) is 12.1. The highest BCUT2D eigenvalue weighted by Crippen LogP contribution is 2.24. The van der Waals surface area contributed by atoms with E-state index >= 15 is 0 Å². The molecule has 2 aromatic heterocycles. The highest BCUT2D eigenvalue weighted by Gasteiger charge is 2.10. The molecule has 21 heavy (non-hydrogen) atoms. The summed E-state index contributed by atoms with van der Waals surface area (Å²) in [4.78, 5) is 16.7. The Kier molecular flexibility index (Phi) is 3.48. The molecule has 1 aromatic carbocycles. The lowest BCUT2D eigenvalue weighted by Gasteiger charge is -2.03. The number of benzene rings is 1. The molecule has 0 unspecified atom stereocenters. The van der Waals surface area contributed by atoms with Crippen LogP contribution in [-0.2, 0) is 6.42 Å². The SMILES string of the molecule is CCCc1cc(=O)n2[nH]cc(-c3ccc(OC)cc3)c2n1. The van der Waals surface area contributed by atoms with Gasteiger partial charge < -0.3 is 4.74 Å². The predicted molar refractivity (Wildman–Crippen MR) is 81.8 cm³/mol.